The Morgan fingerprint density at radius 1 is 1.36 bits per heavy atom. The fourth-order valence-corrected chi connectivity index (χ4v) is 3.92. The third-order valence-electron chi connectivity index (χ3n) is 5.44. The second-order valence-electron chi connectivity index (χ2n) is 7.51. The first kappa shape index (κ1) is 18.6. The number of carbonyl (C=O) groups excluding carboxylic acids is 1. The molecule has 146 valence electrons. The van der Waals surface area contributed by atoms with Crippen molar-refractivity contribution in [2.45, 2.75) is 26.3 Å². The summed E-state index contributed by atoms with van der Waals surface area (Å²) < 4.78 is 11.2. The number of nitrogens with zero attached hydrogens (tertiary/aromatic N) is 2. The molecule has 0 saturated carbocycles. The molecule has 0 radical (unpaired) electrons. The van der Waals surface area contributed by atoms with Crippen molar-refractivity contribution in [3.63, 3.8) is 0 Å². The molecule has 1 amide bonds. The number of ether oxygens (including phenoxy) is 2. The fraction of sp³-hybridized carbons (Fsp3) is 0.348. The number of rotatable bonds is 4. The second kappa shape index (κ2) is 8.07. The Balaban J connectivity index is 1.44. The molecule has 0 spiro atoms. The lowest BCUT2D eigenvalue weighted by molar-refractivity contribution is -0.128. The van der Waals surface area contributed by atoms with Gasteiger partial charge in [0.2, 0.25) is 5.91 Å². The highest BCUT2D eigenvalue weighted by Gasteiger charge is 2.24. The zero-order chi connectivity index (χ0) is 19.5. The van der Waals surface area contributed by atoms with Crippen molar-refractivity contribution in [3.8, 4) is 5.75 Å². The number of fused-ring (bicyclic) bond motifs is 1. The Labute approximate surface area is 166 Å². The van der Waals surface area contributed by atoms with Gasteiger partial charge in [-0.25, -0.2) is 0 Å². The topological polar surface area (TPSA) is 42.0 Å². The predicted molar refractivity (Wildman–Crippen MR) is 108 cm³/mol. The largest absolute Gasteiger partial charge is 0.496 e. The Bertz CT molecular complexity index is 868. The van der Waals surface area contributed by atoms with Crippen molar-refractivity contribution < 1.29 is 14.3 Å². The molecule has 0 bridgehead atoms. The molecule has 1 atom stereocenters. The van der Waals surface area contributed by atoms with Crippen LogP contribution in [0.4, 0.5) is 0 Å². The summed E-state index contributed by atoms with van der Waals surface area (Å²) in [5, 5.41) is 0. The van der Waals surface area contributed by atoms with E-state index >= 15 is 0 Å². The minimum Gasteiger partial charge on any atom is -0.496 e. The molecule has 0 fully saturated rings. The lowest BCUT2D eigenvalue weighted by Gasteiger charge is -2.30. The zero-order valence-electron chi connectivity index (χ0n) is 16.4. The average Bonchev–Trinajstić information content (AvgIpc) is 2.73. The van der Waals surface area contributed by atoms with Gasteiger partial charge in [0.15, 0.2) is 0 Å². The van der Waals surface area contributed by atoms with E-state index in [4.69, 9.17) is 9.47 Å². The van der Waals surface area contributed by atoms with Crippen molar-refractivity contribution in [3.05, 3.63) is 77.5 Å². The summed E-state index contributed by atoms with van der Waals surface area (Å²) in [7, 11) is 1.69. The van der Waals surface area contributed by atoms with Crippen LogP contribution >= 0.6 is 0 Å². The molecule has 1 unspecified atom stereocenters. The zero-order valence-corrected chi connectivity index (χ0v) is 16.4. The minimum atomic E-state index is 0.0374. The van der Waals surface area contributed by atoms with Crippen LogP contribution in [0.5, 0.6) is 5.75 Å². The first-order chi connectivity index (χ1) is 13.6. The van der Waals surface area contributed by atoms with Gasteiger partial charge in [-0.15, -0.1) is 0 Å². The minimum absolute atomic E-state index is 0.0374. The summed E-state index contributed by atoms with van der Waals surface area (Å²) >= 11 is 0. The molecule has 1 aromatic carbocycles. The summed E-state index contributed by atoms with van der Waals surface area (Å²) in [6.45, 7) is 4.13. The number of hydrogen-bond donors (Lipinski definition) is 0. The Kier molecular flexibility index (Phi) is 5.35. The van der Waals surface area contributed by atoms with Gasteiger partial charge in [0.1, 0.15) is 17.8 Å². The van der Waals surface area contributed by atoms with Gasteiger partial charge >= 0.3 is 0 Å². The summed E-state index contributed by atoms with van der Waals surface area (Å²) in [5.74, 6) is 2.16. The van der Waals surface area contributed by atoms with Crippen molar-refractivity contribution in [2.24, 2.45) is 5.92 Å². The lowest BCUT2D eigenvalue weighted by Crippen LogP contribution is -2.39. The van der Waals surface area contributed by atoms with Crippen LogP contribution < -0.4 is 4.74 Å². The highest BCUT2D eigenvalue weighted by molar-refractivity contribution is 5.80. The summed E-state index contributed by atoms with van der Waals surface area (Å²) in [4.78, 5) is 16.7. The number of benzene rings is 1. The number of carbonyl (C=O) groups is 1. The van der Waals surface area contributed by atoms with E-state index in [1.165, 1.54) is 11.1 Å². The van der Waals surface area contributed by atoms with E-state index in [2.05, 4.69) is 36.1 Å². The van der Waals surface area contributed by atoms with Gasteiger partial charge in [0.05, 0.1) is 19.9 Å². The van der Waals surface area contributed by atoms with E-state index in [0.29, 0.717) is 12.5 Å². The van der Waals surface area contributed by atoms with Crippen LogP contribution in [0.1, 0.15) is 24.5 Å². The van der Waals surface area contributed by atoms with E-state index in [1.54, 1.807) is 30.7 Å². The molecule has 0 aromatic heterocycles. The normalized spacial score (nSPS) is 21.5. The third kappa shape index (κ3) is 3.90. The number of amides is 1. The smallest absolute Gasteiger partial charge is 0.244 e. The summed E-state index contributed by atoms with van der Waals surface area (Å²) in [6.07, 6.45) is 13.2. The molecule has 2 heterocycles. The standard InChI is InChI=1S/C23H26N2O3/c1-17-5-3-7-19(13-17)22-15-25(11-12-28-22)23(26)16-24-10-9-18-6-4-8-21(27-2)20(18)14-24/h3-8,11-12,15,17H,9-10,13-14,16H2,1-2H3. The molecule has 28 heavy (non-hydrogen) atoms. The first-order valence-corrected chi connectivity index (χ1v) is 9.75. The lowest BCUT2D eigenvalue weighted by atomic mass is 9.95. The quantitative estimate of drug-likeness (QED) is 0.800. The average molecular weight is 378 g/mol. The maximum absolute atomic E-state index is 12.9. The Hall–Kier alpha value is -2.79. The van der Waals surface area contributed by atoms with Crippen molar-refractivity contribution in [1.29, 1.82) is 0 Å². The van der Waals surface area contributed by atoms with E-state index in [-0.39, 0.29) is 5.91 Å². The maximum Gasteiger partial charge on any atom is 0.244 e. The molecular weight excluding hydrogens is 352 g/mol. The fourth-order valence-electron chi connectivity index (χ4n) is 3.92. The van der Waals surface area contributed by atoms with Gasteiger partial charge in [-0.1, -0.05) is 37.3 Å². The van der Waals surface area contributed by atoms with E-state index in [9.17, 15) is 4.79 Å². The van der Waals surface area contributed by atoms with Crippen molar-refractivity contribution in [1.82, 2.24) is 9.80 Å². The molecule has 2 aliphatic heterocycles. The molecule has 5 nitrogen and oxygen atoms in total. The van der Waals surface area contributed by atoms with Gasteiger partial charge in [-0.2, -0.15) is 0 Å². The van der Waals surface area contributed by atoms with Crippen LogP contribution in [0.15, 0.2) is 66.4 Å². The molecule has 0 N–H and O–H groups in total. The van der Waals surface area contributed by atoms with E-state index in [1.807, 2.05) is 12.1 Å². The van der Waals surface area contributed by atoms with Gasteiger partial charge in [-0.05, 0) is 36.0 Å². The highest BCUT2D eigenvalue weighted by Crippen LogP contribution is 2.29. The molecule has 1 aromatic rings. The summed E-state index contributed by atoms with van der Waals surface area (Å²) in [6, 6.07) is 6.15. The molecule has 0 saturated heterocycles. The SMILES string of the molecule is COc1cccc2c1CN(CC(=O)N1C=COC(C3=CC=CC(C)C3)=C1)CC2. The molecule has 3 aliphatic rings. The van der Waals surface area contributed by atoms with Gasteiger partial charge in [-0.3, -0.25) is 14.6 Å². The highest BCUT2D eigenvalue weighted by atomic mass is 16.5. The molecule has 4 rings (SSSR count). The van der Waals surface area contributed by atoms with Crippen LogP contribution in [0.2, 0.25) is 0 Å². The van der Waals surface area contributed by atoms with Crippen LogP contribution in [0, 0.1) is 5.92 Å². The van der Waals surface area contributed by atoms with Crippen LogP contribution in [-0.2, 0) is 22.5 Å². The van der Waals surface area contributed by atoms with E-state index < -0.39 is 0 Å². The van der Waals surface area contributed by atoms with Gasteiger partial charge in [0.25, 0.3) is 0 Å². The van der Waals surface area contributed by atoms with Crippen LogP contribution in [-0.4, -0.2) is 35.9 Å². The summed E-state index contributed by atoms with van der Waals surface area (Å²) in [5.41, 5.74) is 3.61. The van der Waals surface area contributed by atoms with Crippen LogP contribution in [0.25, 0.3) is 0 Å². The number of allylic oxidation sites excluding steroid dienone is 4. The van der Waals surface area contributed by atoms with Crippen molar-refractivity contribution in [2.75, 3.05) is 20.2 Å². The molecular formula is C23H26N2O3. The second-order valence-corrected chi connectivity index (χ2v) is 7.51. The van der Waals surface area contributed by atoms with Crippen LogP contribution in [0.3, 0.4) is 0 Å². The van der Waals surface area contributed by atoms with Crippen molar-refractivity contribution >= 4 is 5.91 Å². The number of hydrogen-bond acceptors (Lipinski definition) is 4. The maximum atomic E-state index is 12.9. The van der Waals surface area contributed by atoms with E-state index in [0.717, 1.165) is 43.0 Å². The Morgan fingerprint density at radius 3 is 3.07 bits per heavy atom. The van der Waals surface area contributed by atoms with Gasteiger partial charge < -0.3 is 9.47 Å². The molecule has 1 aliphatic carbocycles. The first-order valence-electron chi connectivity index (χ1n) is 9.75. The van der Waals surface area contributed by atoms with Gasteiger partial charge in [0, 0.05) is 24.9 Å². The third-order valence-corrected chi connectivity index (χ3v) is 5.44. The monoisotopic (exact) mass is 378 g/mol. The predicted octanol–water partition coefficient (Wildman–Crippen LogP) is 3.75. The Morgan fingerprint density at radius 2 is 2.25 bits per heavy atom. The number of methoxy groups -OCH3 is 1. The molecule has 5 heteroatoms.